The number of aromatic nitrogens is 2. The Labute approximate surface area is 154 Å². The molecule has 4 rings (SSSR count). The minimum Gasteiger partial charge on any atom is -0.272 e. The van der Waals surface area contributed by atoms with E-state index < -0.39 is 0 Å². The van der Waals surface area contributed by atoms with Crippen molar-refractivity contribution in [2.24, 2.45) is 11.0 Å². The first-order chi connectivity index (χ1) is 12.3. The lowest BCUT2D eigenvalue weighted by Gasteiger charge is -2.28. The number of nitrogens with zero attached hydrogens (tertiary/aromatic N) is 4. The van der Waals surface area contributed by atoms with Crippen molar-refractivity contribution in [1.29, 1.82) is 0 Å². The van der Waals surface area contributed by atoms with E-state index in [9.17, 15) is 4.79 Å². The fourth-order valence-electron chi connectivity index (χ4n) is 3.66. The van der Waals surface area contributed by atoms with Crippen molar-refractivity contribution in [3.05, 3.63) is 52.8 Å². The van der Waals surface area contributed by atoms with Crippen LogP contribution in [-0.2, 0) is 6.54 Å². The van der Waals surface area contributed by atoms with Crippen LogP contribution in [0, 0.1) is 19.8 Å². The fraction of sp³-hybridized carbons (Fsp3) is 0.476. The molecule has 136 valence electrons. The van der Waals surface area contributed by atoms with E-state index in [-0.39, 0.29) is 11.4 Å². The molecule has 0 spiro atoms. The highest BCUT2D eigenvalue weighted by Gasteiger charge is 2.39. The van der Waals surface area contributed by atoms with Gasteiger partial charge in [-0.1, -0.05) is 29.3 Å². The molecule has 2 heterocycles. The third-order valence-corrected chi connectivity index (χ3v) is 5.16. The molecule has 1 aliphatic heterocycles. The molecule has 5 nitrogen and oxygen atoms in total. The van der Waals surface area contributed by atoms with Crippen molar-refractivity contribution < 1.29 is 4.79 Å². The number of benzene rings is 1. The smallest absolute Gasteiger partial charge is 0.272 e. The van der Waals surface area contributed by atoms with E-state index in [0.717, 1.165) is 30.2 Å². The van der Waals surface area contributed by atoms with Gasteiger partial charge in [0.2, 0.25) is 0 Å². The number of hydrogen-bond acceptors (Lipinski definition) is 3. The molecule has 0 saturated heterocycles. The summed E-state index contributed by atoms with van der Waals surface area (Å²) in [6.45, 7) is 9.23. The maximum absolute atomic E-state index is 13.1. The average molecular weight is 350 g/mol. The van der Waals surface area contributed by atoms with Gasteiger partial charge in [-0.05, 0) is 52.0 Å². The monoisotopic (exact) mass is 350 g/mol. The van der Waals surface area contributed by atoms with Crippen molar-refractivity contribution in [1.82, 2.24) is 14.8 Å². The van der Waals surface area contributed by atoms with Gasteiger partial charge in [0.15, 0.2) is 0 Å². The van der Waals surface area contributed by atoms with E-state index in [1.165, 1.54) is 24.0 Å². The second-order valence-corrected chi connectivity index (χ2v) is 8.42. The van der Waals surface area contributed by atoms with E-state index in [2.05, 4.69) is 51.0 Å². The van der Waals surface area contributed by atoms with Gasteiger partial charge in [0.05, 0.1) is 23.0 Å². The van der Waals surface area contributed by atoms with Crippen molar-refractivity contribution in [2.75, 3.05) is 0 Å². The molecular weight excluding hydrogens is 324 g/mol. The van der Waals surface area contributed by atoms with Crippen molar-refractivity contribution in [3.8, 4) is 0 Å². The number of hydrogen-bond donors (Lipinski definition) is 0. The molecule has 5 heteroatoms. The zero-order chi connectivity index (χ0) is 18.5. The molecule has 1 aromatic carbocycles. The van der Waals surface area contributed by atoms with E-state index in [0.29, 0.717) is 5.56 Å². The molecule has 0 N–H and O–H groups in total. The molecule has 1 aliphatic carbocycles. The van der Waals surface area contributed by atoms with Crippen LogP contribution in [0.25, 0.3) is 0 Å². The van der Waals surface area contributed by atoms with Crippen LogP contribution in [0.4, 0.5) is 0 Å². The zero-order valence-electron chi connectivity index (χ0n) is 16.0. The van der Waals surface area contributed by atoms with Crippen molar-refractivity contribution >= 4 is 11.6 Å². The number of carbonyl (C=O) groups excluding carboxylic acids is 1. The third kappa shape index (κ3) is 3.30. The summed E-state index contributed by atoms with van der Waals surface area (Å²) in [5, 5.41) is 10.7. The van der Waals surface area contributed by atoms with Crippen LogP contribution in [0.2, 0.25) is 0 Å². The molecule has 0 unspecified atom stereocenters. The van der Waals surface area contributed by atoms with Gasteiger partial charge in [0, 0.05) is 19.2 Å². The van der Waals surface area contributed by atoms with Gasteiger partial charge in [0.25, 0.3) is 5.91 Å². The maximum Gasteiger partial charge on any atom is 0.277 e. The van der Waals surface area contributed by atoms with Crippen LogP contribution >= 0.6 is 0 Å². The van der Waals surface area contributed by atoms with Gasteiger partial charge in [-0.3, -0.25) is 9.48 Å². The molecule has 26 heavy (non-hydrogen) atoms. The summed E-state index contributed by atoms with van der Waals surface area (Å²) in [5.74, 6) is 0.659. The average Bonchev–Trinajstić information content (AvgIpc) is 3.13. The highest BCUT2D eigenvalue weighted by atomic mass is 16.2. The second kappa shape index (κ2) is 6.08. The Morgan fingerprint density at radius 1 is 1.19 bits per heavy atom. The zero-order valence-corrected chi connectivity index (χ0v) is 16.0. The molecule has 1 amide bonds. The molecule has 0 bridgehead atoms. The van der Waals surface area contributed by atoms with Gasteiger partial charge in [-0.2, -0.15) is 10.2 Å². The lowest BCUT2D eigenvalue weighted by molar-refractivity contribution is 0.0612. The summed E-state index contributed by atoms with van der Waals surface area (Å²) in [7, 11) is 0. The highest BCUT2D eigenvalue weighted by molar-refractivity contribution is 6.05. The number of amides is 1. The Morgan fingerprint density at radius 2 is 1.88 bits per heavy atom. The SMILES string of the molecule is Cc1cc(C)cc(C2=NN(C(=O)c3cnn(CC4CC4)c3)C(C)(C)C2)c1. The van der Waals surface area contributed by atoms with Gasteiger partial charge >= 0.3 is 0 Å². The van der Waals surface area contributed by atoms with Crippen LogP contribution in [0.5, 0.6) is 0 Å². The number of aryl methyl sites for hydroxylation is 2. The van der Waals surface area contributed by atoms with Crippen LogP contribution < -0.4 is 0 Å². The fourth-order valence-corrected chi connectivity index (χ4v) is 3.66. The normalized spacial score (nSPS) is 18.9. The Balaban J connectivity index is 1.60. The molecule has 1 aromatic heterocycles. The van der Waals surface area contributed by atoms with E-state index >= 15 is 0 Å². The first-order valence-corrected chi connectivity index (χ1v) is 9.35. The molecular formula is C21H26N4O. The topological polar surface area (TPSA) is 50.5 Å². The quantitative estimate of drug-likeness (QED) is 0.839. The molecule has 2 aromatic rings. The lowest BCUT2D eigenvalue weighted by Crippen LogP contribution is -2.40. The predicted molar refractivity (Wildman–Crippen MR) is 102 cm³/mol. The molecule has 1 fully saturated rings. The van der Waals surface area contributed by atoms with Crippen LogP contribution in [0.1, 0.15) is 60.2 Å². The Kier molecular flexibility index (Phi) is 3.98. The minimum atomic E-state index is -0.345. The van der Waals surface area contributed by atoms with E-state index in [1.807, 2.05) is 10.9 Å². The first kappa shape index (κ1) is 17.0. The summed E-state index contributed by atoms with van der Waals surface area (Å²) in [6, 6.07) is 6.44. The van der Waals surface area contributed by atoms with Crippen molar-refractivity contribution in [3.63, 3.8) is 0 Å². The maximum atomic E-state index is 13.1. The number of hydrazone groups is 1. The Bertz CT molecular complexity index is 869. The summed E-state index contributed by atoms with van der Waals surface area (Å²) in [4.78, 5) is 13.1. The van der Waals surface area contributed by atoms with Crippen molar-refractivity contribution in [2.45, 2.75) is 59.0 Å². The van der Waals surface area contributed by atoms with Gasteiger partial charge in [-0.25, -0.2) is 5.01 Å². The largest absolute Gasteiger partial charge is 0.277 e. The van der Waals surface area contributed by atoms with E-state index in [1.54, 1.807) is 11.2 Å². The van der Waals surface area contributed by atoms with Crippen LogP contribution in [-0.4, -0.2) is 31.9 Å². The third-order valence-electron chi connectivity index (χ3n) is 5.16. The van der Waals surface area contributed by atoms with Crippen LogP contribution in [0.3, 0.4) is 0 Å². The van der Waals surface area contributed by atoms with Gasteiger partial charge in [0.1, 0.15) is 0 Å². The Hall–Kier alpha value is -2.43. The summed E-state index contributed by atoms with van der Waals surface area (Å²) < 4.78 is 1.89. The first-order valence-electron chi connectivity index (χ1n) is 9.35. The summed E-state index contributed by atoms with van der Waals surface area (Å²) >= 11 is 0. The predicted octanol–water partition coefficient (Wildman–Crippen LogP) is 3.94. The van der Waals surface area contributed by atoms with Gasteiger partial charge in [-0.15, -0.1) is 0 Å². The standard InChI is InChI=1S/C21H26N4O/c1-14-7-15(2)9-17(8-14)19-10-21(3,4)25(23-19)20(26)18-11-22-24(13-18)12-16-5-6-16/h7-9,11,13,16H,5-6,10,12H2,1-4H3. The lowest BCUT2D eigenvalue weighted by atomic mass is 9.93. The van der Waals surface area contributed by atoms with Crippen LogP contribution in [0.15, 0.2) is 35.7 Å². The summed E-state index contributed by atoms with van der Waals surface area (Å²) in [6.07, 6.45) is 6.82. The number of rotatable bonds is 4. The minimum absolute atomic E-state index is 0.0728. The molecule has 0 radical (unpaired) electrons. The Morgan fingerprint density at radius 3 is 2.54 bits per heavy atom. The number of carbonyl (C=O) groups is 1. The van der Waals surface area contributed by atoms with E-state index in [4.69, 9.17) is 5.10 Å². The molecule has 2 aliphatic rings. The second-order valence-electron chi connectivity index (χ2n) is 8.42. The highest BCUT2D eigenvalue weighted by Crippen LogP contribution is 2.32. The molecule has 0 atom stereocenters. The summed E-state index contributed by atoms with van der Waals surface area (Å²) in [5.41, 5.74) is 4.78. The molecule has 1 saturated carbocycles. The van der Waals surface area contributed by atoms with Gasteiger partial charge < -0.3 is 0 Å².